The number of amides is 2. The summed E-state index contributed by atoms with van der Waals surface area (Å²) >= 11 is 0. The summed E-state index contributed by atoms with van der Waals surface area (Å²) in [6.45, 7) is 13.8. The molecule has 372 valence electrons. The minimum absolute atomic E-state index is 0.0248. The third kappa shape index (κ3) is 11.9. The van der Waals surface area contributed by atoms with Gasteiger partial charge in [0.05, 0.1) is 25.3 Å². The molecule has 4 saturated heterocycles. The highest BCUT2D eigenvalue weighted by atomic mass is 16.8. The van der Waals surface area contributed by atoms with E-state index in [0.717, 1.165) is 38.5 Å². The second kappa shape index (κ2) is 21.5. The minimum atomic E-state index is -1.70. The molecule has 0 aromatic heterocycles. The monoisotopic (exact) mass is 941 g/mol. The number of ether oxygens (including phenoxy) is 6. The lowest BCUT2D eigenvalue weighted by Crippen LogP contribution is -2.71. The van der Waals surface area contributed by atoms with Crippen LogP contribution in [-0.4, -0.2) is 130 Å². The Bertz CT molecular complexity index is 1990. The quantitative estimate of drug-likeness (QED) is 0.0555. The van der Waals surface area contributed by atoms with Crippen LogP contribution in [0.5, 0.6) is 0 Å². The molecular weight excluding hydrogens is 871 g/mol. The van der Waals surface area contributed by atoms with Crippen LogP contribution in [-0.2, 0) is 68.6 Å². The van der Waals surface area contributed by atoms with Gasteiger partial charge in [-0.05, 0) is 64.2 Å². The summed E-state index contributed by atoms with van der Waals surface area (Å²) in [5.74, 6) is -5.18. The lowest BCUT2D eigenvalue weighted by molar-refractivity contribution is -0.224. The summed E-state index contributed by atoms with van der Waals surface area (Å²) in [5, 5.41) is 28.0. The van der Waals surface area contributed by atoms with Gasteiger partial charge in [-0.2, -0.15) is 5.06 Å². The second-order valence-corrected chi connectivity index (χ2v) is 20.4. The van der Waals surface area contributed by atoms with Crippen molar-refractivity contribution in [2.75, 3.05) is 13.2 Å². The molecule has 5 fully saturated rings. The highest BCUT2D eigenvalue weighted by Crippen LogP contribution is 2.58. The molecule has 0 spiro atoms. The molecule has 2 bridgehead atoms. The van der Waals surface area contributed by atoms with Gasteiger partial charge in [-0.1, -0.05) is 77.6 Å². The van der Waals surface area contributed by atoms with Gasteiger partial charge in [0, 0.05) is 37.2 Å². The highest BCUT2D eigenvalue weighted by molar-refractivity contribution is 5.96. The lowest BCUT2D eigenvalue weighted by atomic mass is 9.62. The average molecular weight is 942 g/mol. The summed E-state index contributed by atoms with van der Waals surface area (Å²) in [6.07, 6.45) is 3.13. The predicted octanol–water partition coefficient (Wildman–Crippen LogP) is 4.10. The molecule has 4 heterocycles. The molecule has 0 radical (unpaired) electrons. The molecule has 5 aliphatic rings. The van der Waals surface area contributed by atoms with Crippen molar-refractivity contribution >= 4 is 41.8 Å². The van der Waals surface area contributed by atoms with Crippen LogP contribution in [0, 0.1) is 10.8 Å². The van der Waals surface area contributed by atoms with E-state index in [2.05, 4.69) is 24.5 Å². The molecule has 2 amide bonds. The number of cyclic esters (lactones) is 1. The maximum Gasteiger partial charge on any atom is 0.348 e. The molecule has 1 saturated carbocycles. The van der Waals surface area contributed by atoms with E-state index in [1.165, 1.54) is 24.1 Å². The Morgan fingerprint density at radius 2 is 1.67 bits per heavy atom. The molecule has 1 aromatic carbocycles. The van der Waals surface area contributed by atoms with Crippen molar-refractivity contribution in [2.45, 2.75) is 199 Å². The number of unbranched alkanes of at least 4 members (excludes halogenated alkanes) is 4. The molecule has 1 aromatic rings. The van der Waals surface area contributed by atoms with Crippen LogP contribution in [0.15, 0.2) is 30.3 Å². The molecule has 18 nitrogen and oxygen atoms in total. The Labute approximate surface area is 393 Å². The lowest BCUT2D eigenvalue weighted by Gasteiger charge is -2.49. The zero-order valence-electron chi connectivity index (χ0n) is 40.2. The molecule has 67 heavy (non-hydrogen) atoms. The van der Waals surface area contributed by atoms with E-state index in [-0.39, 0.29) is 32.4 Å². The zero-order valence-corrected chi connectivity index (χ0v) is 40.2. The van der Waals surface area contributed by atoms with Gasteiger partial charge in [0.1, 0.15) is 48.1 Å². The first-order valence-electron chi connectivity index (χ1n) is 23.9. The first-order chi connectivity index (χ1) is 31.7. The number of esters is 4. The summed E-state index contributed by atoms with van der Waals surface area (Å²) in [7, 11) is 0. The van der Waals surface area contributed by atoms with Gasteiger partial charge >= 0.3 is 23.9 Å². The van der Waals surface area contributed by atoms with Gasteiger partial charge in [-0.15, -0.1) is 0 Å². The normalized spacial score (nSPS) is 28.5. The summed E-state index contributed by atoms with van der Waals surface area (Å²) < 4.78 is 35.9. The van der Waals surface area contributed by atoms with Crippen LogP contribution in [0.4, 0.5) is 0 Å². The van der Waals surface area contributed by atoms with E-state index in [0.29, 0.717) is 24.0 Å². The molecule has 4 aliphatic heterocycles. The number of rotatable bonds is 22. The summed E-state index contributed by atoms with van der Waals surface area (Å²) in [6, 6.07) is 3.26. The number of carbonyl (C=O) groups is 6. The van der Waals surface area contributed by atoms with Crippen LogP contribution in [0.25, 0.3) is 6.08 Å². The molecule has 4 N–H and O–H groups in total. The number of hydrogen-bond acceptors (Lipinski definition) is 16. The van der Waals surface area contributed by atoms with Crippen molar-refractivity contribution in [1.29, 1.82) is 0 Å². The number of hydroxylamine groups is 2. The number of nitrogens with zero attached hydrogens (tertiary/aromatic N) is 1. The largest absolute Gasteiger partial charge is 0.462 e. The third-order valence-corrected chi connectivity index (χ3v) is 13.2. The van der Waals surface area contributed by atoms with E-state index < -0.39 is 119 Å². The number of nitrogens with one attached hydrogen (secondary N) is 2. The van der Waals surface area contributed by atoms with Gasteiger partial charge in [0.2, 0.25) is 17.9 Å². The van der Waals surface area contributed by atoms with Crippen LogP contribution in [0.2, 0.25) is 0 Å². The van der Waals surface area contributed by atoms with Crippen molar-refractivity contribution in [3.8, 4) is 0 Å². The zero-order chi connectivity index (χ0) is 48.9. The van der Waals surface area contributed by atoms with E-state index in [1.54, 1.807) is 58.9 Å². The van der Waals surface area contributed by atoms with Crippen molar-refractivity contribution in [3.05, 3.63) is 41.5 Å². The topological polar surface area (TPSA) is 235 Å². The molecule has 18 heteroatoms. The number of carbonyl (C=O) groups excluding carboxylic acids is 6. The Morgan fingerprint density at radius 3 is 2.28 bits per heavy atom. The van der Waals surface area contributed by atoms with E-state index in [9.17, 15) is 34.2 Å². The maximum absolute atomic E-state index is 15.2. The molecular formula is C49H71N3O15. The first kappa shape index (κ1) is 51.9. The summed E-state index contributed by atoms with van der Waals surface area (Å²) in [5.41, 5.74) is -1.89. The smallest absolute Gasteiger partial charge is 0.348 e. The Morgan fingerprint density at radius 1 is 0.985 bits per heavy atom. The highest BCUT2D eigenvalue weighted by Gasteiger charge is 2.76. The van der Waals surface area contributed by atoms with Gasteiger partial charge in [-0.25, -0.2) is 9.59 Å². The van der Waals surface area contributed by atoms with Crippen LogP contribution in [0.3, 0.4) is 0 Å². The molecule has 10 atom stereocenters. The van der Waals surface area contributed by atoms with Crippen molar-refractivity contribution in [1.82, 2.24) is 15.7 Å². The fourth-order valence-electron chi connectivity index (χ4n) is 9.79. The summed E-state index contributed by atoms with van der Waals surface area (Å²) in [4.78, 5) is 87.8. The fraction of sp³-hybridized carbons (Fsp3) is 0.714. The van der Waals surface area contributed by atoms with E-state index in [4.69, 9.17) is 33.3 Å². The van der Waals surface area contributed by atoms with Crippen molar-refractivity contribution < 1.29 is 72.2 Å². The standard InChI is InChI=1S/C49H71N3O15/c1-9-11-13-22-48(23-14-12-10-2)65-37-33-25-49(45(60)51-36(29(3)54)42(57)50-32(27-53)19-21-35(56)64-46(4,5)6)39(43(58)62-33)52(67-40(49)38(37)66-48)26-31-17-15-16-30(24-31)18-20-34(55)63-41-44(59)61-28-47(41,7)8/h15-18,20,24,29,32-33,36-41,53-54H,9-14,19,21-23,25-28H2,1-8H3,(H,50,57)(H,51,60). The number of aliphatic hydroxyl groups excluding tert-OH is 2. The number of fused-ring (bicyclic) bond motifs is 4. The number of hydrogen-bond donors (Lipinski definition) is 4. The number of aliphatic hydroxyl groups is 2. The molecule has 10 unspecified atom stereocenters. The van der Waals surface area contributed by atoms with Gasteiger partial charge < -0.3 is 49.3 Å². The van der Waals surface area contributed by atoms with Gasteiger partial charge in [-0.3, -0.25) is 24.0 Å². The van der Waals surface area contributed by atoms with Crippen LogP contribution in [0.1, 0.15) is 137 Å². The van der Waals surface area contributed by atoms with Gasteiger partial charge in [0.15, 0.2) is 11.8 Å². The molecule has 6 rings (SSSR count). The van der Waals surface area contributed by atoms with Crippen molar-refractivity contribution in [3.63, 3.8) is 0 Å². The average Bonchev–Trinajstić information content (AvgIpc) is 3.90. The minimum Gasteiger partial charge on any atom is -0.462 e. The van der Waals surface area contributed by atoms with Crippen molar-refractivity contribution in [2.24, 2.45) is 10.8 Å². The predicted molar refractivity (Wildman–Crippen MR) is 240 cm³/mol. The first-order valence-corrected chi connectivity index (χ1v) is 23.9. The number of benzene rings is 1. The maximum atomic E-state index is 15.2. The molecule has 1 aliphatic carbocycles. The Hall–Kier alpha value is -4.46. The van der Waals surface area contributed by atoms with Gasteiger partial charge in [0.25, 0.3) is 0 Å². The fourth-order valence-corrected chi connectivity index (χ4v) is 9.79. The third-order valence-electron chi connectivity index (χ3n) is 13.2. The van der Waals surface area contributed by atoms with Crippen LogP contribution >= 0.6 is 0 Å². The van der Waals surface area contributed by atoms with Crippen LogP contribution < -0.4 is 10.6 Å². The van der Waals surface area contributed by atoms with E-state index in [1.807, 2.05) is 0 Å². The Balaban J connectivity index is 1.28. The van der Waals surface area contributed by atoms with E-state index >= 15 is 4.79 Å². The second-order valence-electron chi connectivity index (χ2n) is 20.4. The Kier molecular flexibility index (Phi) is 16.6. The SMILES string of the molecule is CCCCCC1(CCCCC)OC2C3CC4(C(=O)NC(C(=O)NC(CO)CCC(=O)OC(C)(C)C)C(C)O)C(ON(Cc5cccc(C=CC(=O)OC6C(=O)OCC6(C)C)c5)C4C(=O)O3)C2O1.